The predicted molar refractivity (Wildman–Crippen MR) is 77.8 cm³/mol. The molecule has 0 spiro atoms. The number of hydrogen-bond acceptors (Lipinski definition) is 2. The SMILES string of the molecule is CC1CCN(CCc2ccc(F)cc2)CCC(C)N1. The van der Waals surface area contributed by atoms with E-state index in [9.17, 15) is 4.39 Å². The molecule has 106 valence electrons. The van der Waals surface area contributed by atoms with Crippen molar-refractivity contribution in [1.29, 1.82) is 0 Å². The summed E-state index contributed by atoms with van der Waals surface area (Å²) in [6.07, 6.45) is 3.41. The van der Waals surface area contributed by atoms with Crippen LogP contribution in [0.1, 0.15) is 32.3 Å². The van der Waals surface area contributed by atoms with Gasteiger partial charge in [0.1, 0.15) is 5.82 Å². The first-order valence-electron chi connectivity index (χ1n) is 7.36. The summed E-state index contributed by atoms with van der Waals surface area (Å²) in [6.45, 7) is 7.91. The van der Waals surface area contributed by atoms with Gasteiger partial charge in [-0.05, 0) is 63.9 Å². The molecule has 0 aliphatic carbocycles. The molecule has 2 unspecified atom stereocenters. The lowest BCUT2D eigenvalue weighted by Gasteiger charge is -2.30. The molecule has 1 aromatic carbocycles. The van der Waals surface area contributed by atoms with Gasteiger partial charge in [0.05, 0.1) is 0 Å². The van der Waals surface area contributed by atoms with Gasteiger partial charge in [-0.25, -0.2) is 4.39 Å². The van der Waals surface area contributed by atoms with Crippen molar-refractivity contribution in [3.05, 3.63) is 35.6 Å². The Morgan fingerprint density at radius 1 is 1.11 bits per heavy atom. The Hall–Kier alpha value is -0.930. The van der Waals surface area contributed by atoms with Crippen molar-refractivity contribution in [1.82, 2.24) is 10.2 Å². The maximum absolute atomic E-state index is 12.8. The first-order chi connectivity index (χ1) is 9.13. The van der Waals surface area contributed by atoms with Gasteiger partial charge in [-0.2, -0.15) is 0 Å². The smallest absolute Gasteiger partial charge is 0.123 e. The zero-order chi connectivity index (χ0) is 13.7. The van der Waals surface area contributed by atoms with E-state index in [1.165, 1.54) is 18.4 Å². The standard InChI is InChI=1S/C16H25FN2/c1-13-7-10-19(11-8-14(2)18-13)12-9-15-3-5-16(17)6-4-15/h3-6,13-14,18H,7-12H2,1-2H3. The van der Waals surface area contributed by atoms with Gasteiger partial charge in [0.15, 0.2) is 0 Å². The summed E-state index contributed by atoms with van der Waals surface area (Å²) < 4.78 is 12.8. The molecule has 0 amide bonds. The van der Waals surface area contributed by atoms with Crippen molar-refractivity contribution in [2.75, 3.05) is 19.6 Å². The normalized spacial score (nSPS) is 25.8. The van der Waals surface area contributed by atoms with Crippen molar-refractivity contribution in [2.45, 2.75) is 45.2 Å². The minimum absolute atomic E-state index is 0.149. The third kappa shape index (κ3) is 4.92. The van der Waals surface area contributed by atoms with E-state index in [1.807, 2.05) is 12.1 Å². The van der Waals surface area contributed by atoms with E-state index in [0.29, 0.717) is 12.1 Å². The van der Waals surface area contributed by atoms with E-state index < -0.39 is 0 Å². The fourth-order valence-electron chi connectivity index (χ4n) is 2.68. The fourth-order valence-corrected chi connectivity index (χ4v) is 2.68. The average Bonchev–Trinajstić information content (AvgIpc) is 2.38. The molecule has 2 atom stereocenters. The predicted octanol–water partition coefficient (Wildman–Crippen LogP) is 2.83. The average molecular weight is 264 g/mol. The van der Waals surface area contributed by atoms with Crippen molar-refractivity contribution in [3.8, 4) is 0 Å². The molecule has 1 aliphatic heterocycles. The van der Waals surface area contributed by atoms with E-state index in [4.69, 9.17) is 0 Å². The van der Waals surface area contributed by atoms with Crippen molar-refractivity contribution in [3.63, 3.8) is 0 Å². The van der Waals surface area contributed by atoms with Gasteiger partial charge < -0.3 is 10.2 Å². The van der Waals surface area contributed by atoms with Crippen LogP contribution in [0.2, 0.25) is 0 Å². The summed E-state index contributed by atoms with van der Waals surface area (Å²) in [7, 11) is 0. The van der Waals surface area contributed by atoms with Crippen LogP contribution in [-0.4, -0.2) is 36.6 Å². The highest BCUT2D eigenvalue weighted by Crippen LogP contribution is 2.09. The highest BCUT2D eigenvalue weighted by atomic mass is 19.1. The molecule has 1 aliphatic rings. The number of halogens is 1. The summed E-state index contributed by atoms with van der Waals surface area (Å²) in [5, 5.41) is 3.61. The maximum Gasteiger partial charge on any atom is 0.123 e. The molecule has 19 heavy (non-hydrogen) atoms. The number of nitrogens with one attached hydrogen (secondary N) is 1. The van der Waals surface area contributed by atoms with Crippen molar-refractivity contribution < 1.29 is 4.39 Å². The summed E-state index contributed by atoms with van der Waals surface area (Å²) in [5.74, 6) is -0.149. The monoisotopic (exact) mass is 264 g/mol. The largest absolute Gasteiger partial charge is 0.312 e. The van der Waals surface area contributed by atoms with E-state index >= 15 is 0 Å². The molecule has 0 saturated carbocycles. The van der Waals surface area contributed by atoms with E-state index in [-0.39, 0.29) is 5.82 Å². The van der Waals surface area contributed by atoms with Crippen LogP contribution >= 0.6 is 0 Å². The second kappa shape index (κ2) is 7.01. The minimum atomic E-state index is -0.149. The molecule has 1 saturated heterocycles. The van der Waals surface area contributed by atoms with Crippen LogP contribution in [0, 0.1) is 5.82 Å². The summed E-state index contributed by atoms with van der Waals surface area (Å²) in [5.41, 5.74) is 1.22. The zero-order valence-corrected chi connectivity index (χ0v) is 12.0. The fraction of sp³-hybridized carbons (Fsp3) is 0.625. The lowest BCUT2D eigenvalue weighted by Crippen LogP contribution is -2.43. The van der Waals surface area contributed by atoms with Gasteiger partial charge in [0.25, 0.3) is 0 Å². The summed E-state index contributed by atoms with van der Waals surface area (Å²) in [4.78, 5) is 2.54. The molecule has 0 aromatic heterocycles. The number of hydrogen-bond donors (Lipinski definition) is 1. The molecule has 3 heteroatoms. The number of benzene rings is 1. The van der Waals surface area contributed by atoms with Gasteiger partial charge in [0, 0.05) is 18.6 Å². The second-order valence-electron chi connectivity index (χ2n) is 5.76. The Balaban J connectivity index is 1.82. The van der Waals surface area contributed by atoms with E-state index in [0.717, 1.165) is 26.1 Å². The lowest BCUT2D eigenvalue weighted by molar-refractivity contribution is 0.221. The number of rotatable bonds is 3. The first-order valence-corrected chi connectivity index (χ1v) is 7.36. The number of nitrogens with zero attached hydrogens (tertiary/aromatic N) is 1. The van der Waals surface area contributed by atoms with Crippen LogP contribution in [0.25, 0.3) is 0 Å². The third-order valence-corrected chi connectivity index (χ3v) is 3.96. The van der Waals surface area contributed by atoms with Crippen LogP contribution < -0.4 is 5.32 Å². The third-order valence-electron chi connectivity index (χ3n) is 3.96. The summed E-state index contributed by atoms with van der Waals surface area (Å²) in [6, 6.07) is 8.10. The molecule has 1 aromatic rings. The molecule has 0 radical (unpaired) electrons. The molecule has 0 bridgehead atoms. The molecule has 1 fully saturated rings. The van der Waals surface area contributed by atoms with Crippen molar-refractivity contribution in [2.24, 2.45) is 0 Å². The molecule has 2 rings (SSSR count). The van der Waals surface area contributed by atoms with Gasteiger partial charge in [0.2, 0.25) is 0 Å². The molecular formula is C16H25FN2. The molecular weight excluding hydrogens is 239 g/mol. The zero-order valence-electron chi connectivity index (χ0n) is 12.0. The van der Waals surface area contributed by atoms with Crippen LogP contribution in [-0.2, 0) is 6.42 Å². The topological polar surface area (TPSA) is 15.3 Å². The Morgan fingerprint density at radius 2 is 1.68 bits per heavy atom. The second-order valence-corrected chi connectivity index (χ2v) is 5.76. The molecule has 2 nitrogen and oxygen atoms in total. The Labute approximate surface area is 116 Å². The lowest BCUT2D eigenvalue weighted by atomic mass is 10.1. The molecule has 1 N–H and O–H groups in total. The van der Waals surface area contributed by atoms with Crippen LogP contribution in [0.4, 0.5) is 4.39 Å². The van der Waals surface area contributed by atoms with Gasteiger partial charge in [-0.1, -0.05) is 12.1 Å². The Morgan fingerprint density at radius 3 is 2.26 bits per heavy atom. The first kappa shape index (κ1) is 14.5. The highest BCUT2D eigenvalue weighted by molar-refractivity contribution is 5.16. The van der Waals surface area contributed by atoms with Gasteiger partial charge in [-0.3, -0.25) is 0 Å². The highest BCUT2D eigenvalue weighted by Gasteiger charge is 2.15. The summed E-state index contributed by atoms with van der Waals surface area (Å²) >= 11 is 0. The Bertz CT molecular complexity index is 365. The molecule has 1 heterocycles. The maximum atomic E-state index is 12.8. The Kier molecular flexibility index (Phi) is 5.34. The van der Waals surface area contributed by atoms with E-state index in [2.05, 4.69) is 24.1 Å². The van der Waals surface area contributed by atoms with Crippen LogP contribution in [0.5, 0.6) is 0 Å². The van der Waals surface area contributed by atoms with E-state index in [1.54, 1.807) is 12.1 Å². The van der Waals surface area contributed by atoms with Crippen LogP contribution in [0.3, 0.4) is 0 Å². The minimum Gasteiger partial charge on any atom is -0.312 e. The van der Waals surface area contributed by atoms with Gasteiger partial charge >= 0.3 is 0 Å². The van der Waals surface area contributed by atoms with Crippen molar-refractivity contribution >= 4 is 0 Å². The van der Waals surface area contributed by atoms with Gasteiger partial charge in [-0.15, -0.1) is 0 Å². The van der Waals surface area contributed by atoms with Crippen LogP contribution in [0.15, 0.2) is 24.3 Å². The quantitative estimate of drug-likeness (QED) is 0.903.